The highest BCUT2D eigenvalue weighted by atomic mass is 32.2. The Balaban J connectivity index is 2.54. The normalized spacial score (nSPS) is 11.9. The van der Waals surface area contributed by atoms with E-state index in [0.29, 0.717) is 24.4 Å². The lowest BCUT2D eigenvalue weighted by atomic mass is 10.2. The van der Waals surface area contributed by atoms with Crippen LogP contribution in [0.2, 0.25) is 0 Å². The van der Waals surface area contributed by atoms with Gasteiger partial charge in [0.2, 0.25) is 0 Å². The molecule has 0 saturated carbocycles. The number of ether oxygens (including phenoxy) is 1. The monoisotopic (exact) mass is 257 g/mol. The number of hydrogen-bond donors (Lipinski definition) is 2. The molecule has 0 aromatic heterocycles. The van der Waals surface area contributed by atoms with E-state index in [2.05, 4.69) is 10.0 Å². The van der Waals surface area contributed by atoms with Crippen molar-refractivity contribution in [2.45, 2.75) is 0 Å². The fourth-order valence-electron chi connectivity index (χ4n) is 1.15. The number of anilines is 1. The maximum absolute atomic E-state index is 11.5. The van der Waals surface area contributed by atoms with Gasteiger partial charge in [0.05, 0.1) is 6.61 Å². The molecule has 1 aromatic rings. The first-order chi connectivity index (χ1) is 8.13. The summed E-state index contributed by atoms with van der Waals surface area (Å²) in [7, 11) is 1.55. The molecule has 1 aromatic carbocycles. The summed E-state index contributed by atoms with van der Waals surface area (Å²) >= 11 is -2.36. The van der Waals surface area contributed by atoms with E-state index >= 15 is 0 Å². The lowest BCUT2D eigenvalue weighted by Gasteiger charge is -2.09. The molecular formula is C10H13N2O4S-. The molecule has 6 nitrogen and oxygen atoms in total. The minimum Gasteiger partial charge on any atom is -0.755 e. The Hall–Kier alpha value is -1.44. The molecule has 1 rings (SSSR count). The molecular weight excluding hydrogens is 244 g/mol. The van der Waals surface area contributed by atoms with E-state index in [1.165, 1.54) is 24.3 Å². The quantitative estimate of drug-likeness (QED) is 0.565. The van der Waals surface area contributed by atoms with Crippen molar-refractivity contribution < 1.29 is 18.3 Å². The third kappa shape index (κ3) is 4.94. The average Bonchev–Trinajstić information content (AvgIpc) is 2.29. The van der Waals surface area contributed by atoms with Crippen LogP contribution in [0.4, 0.5) is 5.69 Å². The molecule has 17 heavy (non-hydrogen) atoms. The van der Waals surface area contributed by atoms with Gasteiger partial charge in [-0.2, -0.15) is 0 Å². The largest absolute Gasteiger partial charge is 0.755 e. The summed E-state index contributed by atoms with van der Waals surface area (Å²) in [6, 6.07) is 6.11. The zero-order chi connectivity index (χ0) is 12.7. The summed E-state index contributed by atoms with van der Waals surface area (Å²) < 4.78 is 27.7. The van der Waals surface area contributed by atoms with Crippen LogP contribution in [0, 0.1) is 0 Å². The van der Waals surface area contributed by atoms with Gasteiger partial charge in [0.25, 0.3) is 5.91 Å². The van der Waals surface area contributed by atoms with Crippen LogP contribution in [0.5, 0.6) is 0 Å². The Morgan fingerprint density at radius 3 is 2.59 bits per heavy atom. The van der Waals surface area contributed by atoms with E-state index in [1.807, 2.05) is 0 Å². The number of benzene rings is 1. The molecule has 94 valence electrons. The summed E-state index contributed by atoms with van der Waals surface area (Å²) in [6.45, 7) is 0.875. The maximum Gasteiger partial charge on any atom is 0.251 e. The molecule has 0 radical (unpaired) electrons. The molecule has 1 amide bonds. The van der Waals surface area contributed by atoms with Crippen LogP contribution in [-0.2, 0) is 16.0 Å². The van der Waals surface area contributed by atoms with Gasteiger partial charge in [-0.1, -0.05) is 0 Å². The Morgan fingerprint density at radius 1 is 1.41 bits per heavy atom. The Bertz CT molecular complexity index is 394. The number of rotatable bonds is 6. The fourth-order valence-corrected chi connectivity index (χ4v) is 1.48. The van der Waals surface area contributed by atoms with Gasteiger partial charge in [-0.05, 0) is 24.3 Å². The van der Waals surface area contributed by atoms with Crippen molar-refractivity contribution in [3.63, 3.8) is 0 Å². The minimum absolute atomic E-state index is 0.225. The van der Waals surface area contributed by atoms with Gasteiger partial charge < -0.3 is 19.3 Å². The van der Waals surface area contributed by atoms with E-state index in [0.717, 1.165) is 0 Å². The molecule has 0 aliphatic carbocycles. The third-order valence-corrected chi connectivity index (χ3v) is 2.34. The zero-order valence-corrected chi connectivity index (χ0v) is 10.1. The van der Waals surface area contributed by atoms with E-state index in [4.69, 9.17) is 4.74 Å². The van der Waals surface area contributed by atoms with E-state index < -0.39 is 11.3 Å². The molecule has 0 spiro atoms. The number of nitrogens with one attached hydrogen (secondary N) is 2. The minimum atomic E-state index is -2.36. The SMILES string of the molecule is COCCNC(=O)c1ccc(NS(=O)[O-])cc1. The fraction of sp³-hybridized carbons (Fsp3) is 0.300. The van der Waals surface area contributed by atoms with E-state index in [-0.39, 0.29) is 5.91 Å². The maximum atomic E-state index is 11.5. The average molecular weight is 257 g/mol. The number of carbonyl (C=O) groups is 1. The number of methoxy groups -OCH3 is 1. The van der Waals surface area contributed by atoms with Gasteiger partial charge >= 0.3 is 0 Å². The highest BCUT2D eigenvalue weighted by Crippen LogP contribution is 2.09. The van der Waals surface area contributed by atoms with Crippen molar-refractivity contribution in [1.82, 2.24) is 5.32 Å². The van der Waals surface area contributed by atoms with Crippen LogP contribution in [0.3, 0.4) is 0 Å². The predicted octanol–water partition coefficient (Wildman–Crippen LogP) is 0.269. The Labute approximate surface area is 102 Å². The number of hydrogen-bond acceptors (Lipinski definition) is 4. The van der Waals surface area contributed by atoms with E-state index in [1.54, 1.807) is 7.11 Å². The molecule has 0 aliphatic heterocycles. The van der Waals surface area contributed by atoms with Crippen molar-refractivity contribution in [2.75, 3.05) is 25.0 Å². The Kier molecular flexibility index (Phi) is 5.61. The molecule has 0 heterocycles. The van der Waals surface area contributed by atoms with Gasteiger partial charge in [0.15, 0.2) is 0 Å². The molecule has 0 bridgehead atoms. The van der Waals surface area contributed by atoms with Gasteiger partial charge in [0.1, 0.15) is 0 Å². The van der Waals surface area contributed by atoms with Crippen LogP contribution >= 0.6 is 0 Å². The van der Waals surface area contributed by atoms with Crippen molar-refractivity contribution in [1.29, 1.82) is 0 Å². The molecule has 2 N–H and O–H groups in total. The third-order valence-electron chi connectivity index (χ3n) is 1.94. The first-order valence-corrected chi connectivity index (χ1v) is 5.94. The van der Waals surface area contributed by atoms with Crippen LogP contribution < -0.4 is 10.0 Å². The lowest BCUT2D eigenvalue weighted by Crippen LogP contribution is -2.26. The highest BCUT2D eigenvalue weighted by molar-refractivity contribution is 7.80. The van der Waals surface area contributed by atoms with Gasteiger partial charge in [-0.25, -0.2) is 0 Å². The zero-order valence-electron chi connectivity index (χ0n) is 9.26. The first-order valence-electron chi connectivity index (χ1n) is 4.86. The molecule has 0 aliphatic rings. The second-order valence-corrected chi connectivity index (χ2v) is 3.84. The van der Waals surface area contributed by atoms with Gasteiger partial charge in [0, 0.05) is 36.2 Å². The number of amides is 1. The van der Waals surface area contributed by atoms with Gasteiger partial charge in [-0.15, -0.1) is 0 Å². The smallest absolute Gasteiger partial charge is 0.251 e. The Morgan fingerprint density at radius 2 is 2.06 bits per heavy atom. The summed E-state index contributed by atoms with van der Waals surface area (Å²) in [5, 5.41) is 2.65. The molecule has 1 unspecified atom stereocenters. The number of carbonyl (C=O) groups excluding carboxylic acids is 1. The molecule has 0 fully saturated rings. The van der Waals surface area contributed by atoms with Crippen molar-refractivity contribution >= 4 is 22.9 Å². The van der Waals surface area contributed by atoms with Crippen molar-refractivity contribution in [2.24, 2.45) is 0 Å². The standard InChI is InChI=1S/C10H14N2O4S/c1-16-7-6-11-10(13)8-2-4-9(5-3-8)12-17(14)15/h2-5,12H,6-7H2,1H3,(H,11,13)(H,14,15)/p-1. The second kappa shape index (κ2) is 7.00. The van der Waals surface area contributed by atoms with Crippen LogP contribution in [0.15, 0.2) is 24.3 Å². The highest BCUT2D eigenvalue weighted by Gasteiger charge is 2.03. The second-order valence-electron chi connectivity index (χ2n) is 3.16. The predicted molar refractivity (Wildman–Crippen MR) is 63.2 cm³/mol. The summed E-state index contributed by atoms with van der Waals surface area (Å²) in [6.07, 6.45) is 0. The summed E-state index contributed by atoms with van der Waals surface area (Å²) in [4.78, 5) is 11.5. The van der Waals surface area contributed by atoms with Crippen LogP contribution in [-0.4, -0.2) is 34.9 Å². The van der Waals surface area contributed by atoms with Crippen molar-refractivity contribution in [3.05, 3.63) is 29.8 Å². The lowest BCUT2D eigenvalue weighted by molar-refractivity contribution is 0.0937. The molecule has 7 heteroatoms. The van der Waals surface area contributed by atoms with Crippen LogP contribution in [0.25, 0.3) is 0 Å². The topological polar surface area (TPSA) is 90.5 Å². The molecule has 0 saturated heterocycles. The summed E-state index contributed by atoms with van der Waals surface area (Å²) in [5.74, 6) is -0.225. The van der Waals surface area contributed by atoms with Gasteiger partial charge in [-0.3, -0.25) is 9.00 Å². The first kappa shape index (κ1) is 13.6. The van der Waals surface area contributed by atoms with Crippen LogP contribution in [0.1, 0.15) is 10.4 Å². The summed E-state index contributed by atoms with van der Waals surface area (Å²) in [5.41, 5.74) is 0.870. The molecule has 1 atom stereocenters. The van der Waals surface area contributed by atoms with E-state index in [9.17, 15) is 13.6 Å². The van der Waals surface area contributed by atoms with Crippen molar-refractivity contribution in [3.8, 4) is 0 Å².